The van der Waals surface area contributed by atoms with Crippen LogP contribution in [-0.2, 0) is 25.6 Å². The molecular formula is C12H15NO4S. The van der Waals surface area contributed by atoms with Gasteiger partial charge in [0.15, 0.2) is 0 Å². The largest absolute Gasteiger partial charge is 0.332 e. The summed E-state index contributed by atoms with van der Waals surface area (Å²) in [6.07, 6.45) is 1.36. The molecule has 0 aliphatic carbocycles. The average Bonchev–Trinajstić information content (AvgIpc) is 2.31. The summed E-state index contributed by atoms with van der Waals surface area (Å²) in [5.74, 6) is 0.0287. The molecule has 1 aromatic carbocycles. The van der Waals surface area contributed by atoms with Crippen LogP contribution in [0, 0.1) is 0 Å². The normalized spacial score (nSPS) is 19.7. The maximum Gasteiger partial charge on any atom is 0.264 e. The zero-order chi connectivity index (χ0) is 13.2. The summed E-state index contributed by atoms with van der Waals surface area (Å²) in [4.78, 5) is 13.1. The van der Waals surface area contributed by atoms with E-state index >= 15 is 0 Å². The predicted octanol–water partition coefficient (Wildman–Crippen LogP) is 0.764. The van der Waals surface area contributed by atoms with Crippen molar-refractivity contribution >= 4 is 16.0 Å². The van der Waals surface area contributed by atoms with Crippen molar-refractivity contribution in [3.8, 4) is 0 Å². The molecule has 6 heteroatoms. The van der Waals surface area contributed by atoms with Crippen LogP contribution in [-0.4, -0.2) is 38.1 Å². The van der Waals surface area contributed by atoms with Gasteiger partial charge in [-0.25, -0.2) is 0 Å². The summed E-state index contributed by atoms with van der Waals surface area (Å²) in [5, 5.41) is 0. The van der Waals surface area contributed by atoms with Gasteiger partial charge in [0.25, 0.3) is 10.1 Å². The van der Waals surface area contributed by atoms with Gasteiger partial charge >= 0.3 is 0 Å². The fourth-order valence-corrected chi connectivity index (χ4v) is 2.27. The lowest BCUT2D eigenvalue weighted by molar-refractivity contribution is -0.148. The zero-order valence-electron chi connectivity index (χ0n) is 10.1. The van der Waals surface area contributed by atoms with Gasteiger partial charge in [-0.3, -0.25) is 8.98 Å². The highest BCUT2D eigenvalue weighted by atomic mass is 32.2. The number of benzene rings is 1. The summed E-state index contributed by atoms with van der Waals surface area (Å²) < 4.78 is 26.5. The molecule has 0 radical (unpaired) electrons. The van der Waals surface area contributed by atoms with Crippen molar-refractivity contribution in [2.45, 2.75) is 19.0 Å². The Balaban J connectivity index is 1.93. The average molecular weight is 269 g/mol. The SMILES string of the molecule is CS(=O)(=O)OCC1CC(=O)N1Cc1ccccc1. The molecule has 1 aromatic rings. The zero-order valence-corrected chi connectivity index (χ0v) is 10.9. The monoisotopic (exact) mass is 269 g/mol. The number of rotatable bonds is 5. The van der Waals surface area contributed by atoms with Gasteiger partial charge in [-0.15, -0.1) is 0 Å². The van der Waals surface area contributed by atoms with Gasteiger partial charge in [-0.05, 0) is 5.56 Å². The van der Waals surface area contributed by atoms with Crippen molar-refractivity contribution in [1.29, 1.82) is 0 Å². The third-order valence-electron chi connectivity index (χ3n) is 2.84. The summed E-state index contributed by atoms with van der Waals surface area (Å²) in [6, 6.07) is 9.43. The summed E-state index contributed by atoms with van der Waals surface area (Å²) in [6.45, 7) is 0.537. The minimum atomic E-state index is -3.45. The van der Waals surface area contributed by atoms with Gasteiger partial charge in [0.2, 0.25) is 5.91 Å². The number of carbonyl (C=O) groups is 1. The molecule has 5 nitrogen and oxygen atoms in total. The highest BCUT2D eigenvalue weighted by Gasteiger charge is 2.36. The summed E-state index contributed by atoms with van der Waals surface area (Å²) in [5.41, 5.74) is 1.02. The Morgan fingerprint density at radius 1 is 1.33 bits per heavy atom. The Labute approximate surface area is 106 Å². The highest BCUT2D eigenvalue weighted by Crippen LogP contribution is 2.22. The Morgan fingerprint density at radius 3 is 2.56 bits per heavy atom. The number of amides is 1. The molecule has 1 fully saturated rings. The van der Waals surface area contributed by atoms with Gasteiger partial charge in [0.1, 0.15) is 0 Å². The van der Waals surface area contributed by atoms with Crippen LogP contribution in [0.5, 0.6) is 0 Å². The van der Waals surface area contributed by atoms with E-state index in [0.717, 1.165) is 11.8 Å². The second-order valence-corrected chi connectivity index (χ2v) is 6.00. The topological polar surface area (TPSA) is 63.7 Å². The Kier molecular flexibility index (Phi) is 3.68. The van der Waals surface area contributed by atoms with Crippen molar-refractivity contribution in [2.24, 2.45) is 0 Å². The first-order chi connectivity index (χ1) is 8.46. The third kappa shape index (κ3) is 3.30. The Hall–Kier alpha value is -1.40. The van der Waals surface area contributed by atoms with Crippen LogP contribution in [0.3, 0.4) is 0 Å². The summed E-state index contributed by atoms with van der Waals surface area (Å²) >= 11 is 0. The first-order valence-corrected chi connectivity index (χ1v) is 7.45. The number of carbonyl (C=O) groups excluding carboxylic acids is 1. The van der Waals surface area contributed by atoms with Crippen molar-refractivity contribution in [2.75, 3.05) is 12.9 Å². The molecule has 0 bridgehead atoms. The number of β-lactam (4-membered cyclic amide) rings is 1. The molecule has 1 aliphatic heterocycles. The van der Waals surface area contributed by atoms with E-state index in [1.54, 1.807) is 4.90 Å². The van der Waals surface area contributed by atoms with E-state index in [-0.39, 0.29) is 18.6 Å². The molecule has 0 aromatic heterocycles. The second kappa shape index (κ2) is 5.07. The molecule has 1 heterocycles. The summed E-state index contributed by atoms with van der Waals surface area (Å²) in [7, 11) is -3.45. The lowest BCUT2D eigenvalue weighted by atomic mass is 10.0. The van der Waals surface area contributed by atoms with Gasteiger partial charge < -0.3 is 4.90 Å². The molecule has 2 rings (SSSR count). The first-order valence-electron chi connectivity index (χ1n) is 5.63. The van der Waals surface area contributed by atoms with E-state index in [9.17, 15) is 13.2 Å². The van der Waals surface area contributed by atoms with E-state index in [1.165, 1.54) is 0 Å². The fourth-order valence-electron chi connectivity index (χ4n) is 1.87. The van der Waals surface area contributed by atoms with Gasteiger partial charge in [0, 0.05) is 13.0 Å². The van der Waals surface area contributed by atoms with E-state index in [0.29, 0.717) is 13.0 Å². The Bertz CT molecular complexity index is 526. The minimum absolute atomic E-state index is 0.0287. The van der Waals surface area contributed by atoms with Gasteiger partial charge in [-0.1, -0.05) is 30.3 Å². The maximum atomic E-state index is 11.5. The lowest BCUT2D eigenvalue weighted by Gasteiger charge is -2.40. The van der Waals surface area contributed by atoms with Gasteiger partial charge in [-0.2, -0.15) is 8.42 Å². The van der Waals surface area contributed by atoms with Crippen LogP contribution in [0.25, 0.3) is 0 Å². The van der Waals surface area contributed by atoms with Crippen LogP contribution in [0.4, 0.5) is 0 Å². The molecule has 0 spiro atoms. The van der Waals surface area contributed by atoms with Crippen molar-refractivity contribution in [3.63, 3.8) is 0 Å². The van der Waals surface area contributed by atoms with E-state index < -0.39 is 10.1 Å². The molecule has 18 heavy (non-hydrogen) atoms. The number of hydrogen-bond acceptors (Lipinski definition) is 4. The second-order valence-electron chi connectivity index (χ2n) is 4.35. The molecule has 1 atom stereocenters. The van der Waals surface area contributed by atoms with Crippen LogP contribution in [0.1, 0.15) is 12.0 Å². The standard InChI is InChI=1S/C12H15NO4S/c1-18(15,16)17-9-11-7-12(14)13(11)8-10-5-3-2-4-6-10/h2-6,11H,7-9H2,1H3. The van der Waals surface area contributed by atoms with Crippen LogP contribution >= 0.6 is 0 Å². The molecule has 0 saturated carbocycles. The molecular weight excluding hydrogens is 254 g/mol. The number of hydrogen-bond donors (Lipinski definition) is 0. The molecule has 1 amide bonds. The van der Waals surface area contributed by atoms with Crippen molar-refractivity contribution < 1.29 is 17.4 Å². The molecule has 1 unspecified atom stereocenters. The fraction of sp³-hybridized carbons (Fsp3) is 0.417. The van der Waals surface area contributed by atoms with Gasteiger partial charge in [0.05, 0.1) is 18.9 Å². The van der Waals surface area contributed by atoms with E-state index in [4.69, 9.17) is 4.18 Å². The number of nitrogens with zero attached hydrogens (tertiary/aromatic N) is 1. The maximum absolute atomic E-state index is 11.5. The molecule has 1 aliphatic rings. The molecule has 1 saturated heterocycles. The van der Waals surface area contributed by atoms with E-state index in [1.807, 2.05) is 30.3 Å². The minimum Gasteiger partial charge on any atom is -0.332 e. The Morgan fingerprint density at radius 2 is 2.00 bits per heavy atom. The lowest BCUT2D eigenvalue weighted by Crippen LogP contribution is -2.54. The number of likely N-dealkylation sites (tertiary alicyclic amines) is 1. The van der Waals surface area contributed by atoms with Crippen LogP contribution in [0.15, 0.2) is 30.3 Å². The third-order valence-corrected chi connectivity index (χ3v) is 3.41. The highest BCUT2D eigenvalue weighted by molar-refractivity contribution is 7.85. The molecule has 0 N–H and O–H groups in total. The van der Waals surface area contributed by atoms with E-state index in [2.05, 4.69) is 0 Å². The quantitative estimate of drug-likeness (QED) is 0.585. The van der Waals surface area contributed by atoms with Crippen molar-refractivity contribution in [1.82, 2.24) is 4.90 Å². The van der Waals surface area contributed by atoms with Crippen molar-refractivity contribution in [3.05, 3.63) is 35.9 Å². The smallest absolute Gasteiger partial charge is 0.264 e. The first kappa shape index (κ1) is 13.0. The van der Waals surface area contributed by atoms with Crippen LogP contribution in [0.2, 0.25) is 0 Å². The predicted molar refractivity (Wildman–Crippen MR) is 66.2 cm³/mol. The van der Waals surface area contributed by atoms with Crippen LogP contribution < -0.4 is 0 Å². The molecule has 98 valence electrons.